The lowest BCUT2D eigenvalue weighted by Crippen LogP contribution is -2.17. The summed E-state index contributed by atoms with van der Waals surface area (Å²) in [6.07, 6.45) is 0. The van der Waals surface area contributed by atoms with Crippen LogP contribution >= 0.6 is 0 Å². The number of carbonyl (C=O) groups is 1. The van der Waals surface area contributed by atoms with Crippen LogP contribution in [0.15, 0.2) is 18.2 Å². The number of aryl methyl sites for hydroxylation is 2. The first-order chi connectivity index (χ1) is 7.65. The molecule has 0 saturated carbocycles. The maximum Gasteiger partial charge on any atom is 0.188 e. The van der Waals surface area contributed by atoms with Crippen LogP contribution < -0.4 is 5.32 Å². The van der Waals surface area contributed by atoms with E-state index in [0.29, 0.717) is 6.61 Å². The number of rotatable bonds is 6. The maximum absolute atomic E-state index is 11.7. The van der Waals surface area contributed by atoms with Gasteiger partial charge in [0.25, 0.3) is 0 Å². The highest BCUT2D eigenvalue weighted by Crippen LogP contribution is 2.10. The first kappa shape index (κ1) is 12.9. The molecule has 0 saturated heterocycles. The third kappa shape index (κ3) is 3.76. The number of nitrogens with one attached hydrogen (secondary N) is 1. The van der Waals surface area contributed by atoms with E-state index >= 15 is 0 Å². The Bertz CT molecular complexity index is 361. The molecule has 1 aromatic rings. The minimum absolute atomic E-state index is 0.0409. The summed E-state index contributed by atoms with van der Waals surface area (Å²) < 4.78 is 5.25. The number of Topliss-reactive ketones (excluding diaryl/α,β-unsaturated/α-hetero) is 1. The van der Waals surface area contributed by atoms with Crippen molar-refractivity contribution in [2.45, 2.75) is 13.8 Å². The zero-order chi connectivity index (χ0) is 12.0. The van der Waals surface area contributed by atoms with Crippen molar-refractivity contribution in [3.63, 3.8) is 0 Å². The van der Waals surface area contributed by atoms with Gasteiger partial charge in [-0.2, -0.15) is 0 Å². The highest BCUT2D eigenvalue weighted by molar-refractivity contribution is 5.97. The van der Waals surface area contributed by atoms with Crippen LogP contribution in [0, 0.1) is 13.8 Å². The SMILES string of the molecule is CNCCOCC(=O)c1ccc(C)c(C)c1. The van der Waals surface area contributed by atoms with Crippen LogP contribution in [0.3, 0.4) is 0 Å². The standard InChI is InChI=1S/C13H19NO2/c1-10-4-5-12(8-11(10)2)13(15)9-16-7-6-14-3/h4-5,8,14H,6-7,9H2,1-3H3. The molecule has 0 amide bonds. The molecule has 0 spiro atoms. The molecule has 0 fully saturated rings. The van der Waals surface area contributed by atoms with Gasteiger partial charge in [0, 0.05) is 12.1 Å². The Hall–Kier alpha value is -1.19. The average Bonchev–Trinajstić information content (AvgIpc) is 2.28. The molecule has 0 aliphatic rings. The fourth-order valence-corrected chi connectivity index (χ4v) is 1.34. The third-order valence-electron chi connectivity index (χ3n) is 2.56. The van der Waals surface area contributed by atoms with Crippen LogP contribution in [-0.4, -0.2) is 32.6 Å². The van der Waals surface area contributed by atoms with E-state index < -0.39 is 0 Å². The van der Waals surface area contributed by atoms with Crippen LogP contribution in [0.2, 0.25) is 0 Å². The van der Waals surface area contributed by atoms with Gasteiger partial charge in [0.2, 0.25) is 0 Å². The Morgan fingerprint density at radius 3 is 2.69 bits per heavy atom. The summed E-state index contributed by atoms with van der Waals surface area (Å²) in [4.78, 5) is 11.7. The molecule has 0 aromatic heterocycles. The highest BCUT2D eigenvalue weighted by atomic mass is 16.5. The minimum atomic E-state index is 0.0409. The first-order valence-electron chi connectivity index (χ1n) is 5.48. The number of ether oxygens (including phenoxy) is 1. The normalized spacial score (nSPS) is 10.4. The van der Waals surface area contributed by atoms with E-state index in [9.17, 15) is 4.79 Å². The van der Waals surface area contributed by atoms with Gasteiger partial charge in [0.1, 0.15) is 6.61 Å². The Morgan fingerprint density at radius 1 is 1.31 bits per heavy atom. The number of ketones is 1. The van der Waals surface area contributed by atoms with Gasteiger partial charge in [-0.3, -0.25) is 4.79 Å². The molecular weight excluding hydrogens is 202 g/mol. The Morgan fingerprint density at radius 2 is 2.06 bits per heavy atom. The number of carbonyl (C=O) groups excluding carboxylic acids is 1. The first-order valence-corrected chi connectivity index (χ1v) is 5.48. The summed E-state index contributed by atoms with van der Waals surface area (Å²) in [5, 5.41) is 2.96. The van der Waals surface area contributed by atoms with Crippen LogP contribution in [0.1, 0.15) is 21.5 Å². The van der Waals surface area contributed by atoms with Crippen LogP contribution in [0.25, 0.3) is 0 Å². The zero-order valence-corrected chi connectivity index (χ0v) is 10.2. The van der Waals surface area contributed by atoms with E-state index in [1.165, 1.54) is 5.56 Å². The second kappa shape index (κ2) is 6.40. The van der Waals surface area contributed by atoms with E-state index in [1.807, 2.05) is 39.1 Å². The smallest absolute Gasteiger partial charge is 0.188 e. The summed E-state index contributed by atoms with van der Waals surface area (Å²) in [6.45, 7) is 5.53. The minimum Gasteiger partial charge on any atom is -0.372 e. The second-order valence-corrected chi connectivity index (χ2v) is 3.88. The van der Waals surface area contributed by atoms with Gasteiger partial charge in [0.05, 0.1) is 6.61 Å². The average molecular weight is 221 g/mol. The Kier molecular flexibility index (Phi) is 5.15. The monoisotopic (exact) mass is 221 g/mol. The molecular formula is C13H19NO2. The molecule has 0 radical (unpaired) electrons. The number of benzene rings is 1. The maximum atomic E-state index is 11.7. The number of hydrogen-bond donors (Lipinski definition) is 1. The third-order valence-corrected chi connectivity index (χ3v) is 2.56. The Labute approximate surface area is 96.8 Å². The van der Waals surface area contributed by atoms with Crippen molar-refractivity contribution >= 4 is 5.78 Å². The summed E-state index contributed by atoms with van der Waals surface area (Å²) >= 11 is 0. The molecule has 1 rings (SSSR count). The molecule has 0 aliphatic heterocycles. The van der Waals surface area contributed by atoms with Crippen molar-refractivity contribution in [2.75, 3.05) is 26.8 Å². The van der Waals surface area contributed by atoms with Gasteiger partial charge >= 0.3 is 0 Å². The fourth-order valence-electron chi connectivity index (χ4n) is 1.34. The largest absolute Gasteiger partial charge is 0.372 e. The topological polar surface area (TPSA) is 38.3 Å². The molecule has 3 heteroatoms. The van der Waals surface area contributed by atoms with E-state index in [4.69, 9.17) is 4.74 Å². The van der Waals surface area contributed by atoms with Crippen LogP contribution in [0.4, 0.5) is 0 Å². The molecule has 16 heavy (non-hydrogen) atoms. The van der Waals surface area contributed by atoms with Crippen molar-refractivity contribution < 1.29 is 9.53 Å². The predicted molar refractivity (Wildman–Crippen MR) is 65.0 cm³/mol. The lowest BCUT2D eigenvalue weighted by atomic mass is 10.0. The summed E-state index contributed by atoms with van der Waals surface area (Å²) in [6, 6.07) is 5.74. The van der Waals surface area contributed by atoms with E-state index in [2.05, 4.69) is 5.32 Å². The second-order valence-electron chi connectivity index (χ2n) is 3.88. The van der Waals surface area contributed by atoms with E-state index in [0.717, 1.165) is 17.7 Å². The highest BCUT2D eigenvalue weighted by Gasteiger charge is 2.06. The molecule has 0 bridgehead atoms. The predicted octanol–water partition coefficient (Wildman–Crippen LogP) is 1.72. The zero-order valence-electron chi connectivity index (χ0n) is 10.2. The van der Waals surface area contributed by atoms with Crippen molar-refractivity contribution in [3.05, 3.63) is 34.9 Å². The number of hydrogen-bond acceptors (Lipinski definition) is 3. The van der Waals surface area contributed by atoms with Gasteiger partial charge < -0.3 is 10.1 Å². The van der Waals surface area contributed by atoms with Crippen molar-refractivity contribution in [2.24, 2.45) is 0 Å². The van der Waals surface area contributed by atoms with Crippen LogP contribution in [-0.2, 0) is 4.74 Å². The molecule has 1 aromatic carbocycles. The molecule has 0 heterocycles. The lowest BCUT2D eigenvalue weighted by Gasteiger charge is -2.05. The van der Waals surface area contributed by atoms with E-state index in [-0.39, 0.29) is 12.4 Å². The van der Waals surface area contributed by atoms with Crippen molar-refractivity contribution in [1.82, 2.24) is 5.32 Å². The Balaban J connectivity index is 2.50. The van der Waals surface area contributed by atoms with E-state index in [1.54, 1.807) is 0 Å². The lowest BCUT2D eigenvalue weighted by molar-refractivity contribution is 0.0767. The fraction of sp³-hybridized carbons (Fsp3) is 0.462. The molecule has 1 N–H and O–H groups in total. The van der Waals surface area contributed by atoms with Gasteiger partial charge in [-0.15, -0.1) is 0 Å². The summed E-state index contributed by atoms with van der Waals surface area (Å²) in [5.74, 6) is 0.0409. The van der Waals surface area contributed by atoms with Gasteiger partial charge in [-0.25, -0.2) is 0 Å². The van der Waals surface area contributed by atoms with Gasteiger partial charge in [-0.1, -0.05) is 12.1 Å². The molecule has 0 aliphatic carbocycles. The van der Waals surface area contributed by atoms with Crippen molar-refractivity contribution in [1.29, 1.82) is 0 Å². The summed E-state index contributed by atoms with van der Waals surface area (Å²) in [7, 11) is 1.86. The van der Waals surface area contributed by atoms with Gasteiger partial charge in [0.15, 0.2) is 5.78 Å². The van der Waals surface area contributed by atoms with Gasteiger partial charge in [-0.05, 0) is 38.1 Å². The molecule has 3 nitrogen and oxygen atoms in total. The summed E-state index contributed by atoms with van der Waals surface area (Å²) in [5.41, 5.74) is 3.07. The molecule has 0 atom stereocenters. The van der Waals surface area contributed by atoms with Crippen molar-refractivity contribution in [3.8, 4) is 0 Å². The number of likely N-dealkylation sites (N-methyl/N-ethyl adjacent to an activating group) is 1. The van der Waals surface area contributed by atoms with Crippen LogP contribution in [0.5, 0.6) is 0 Å². The molecule has 88 valence electrons. The molecule has 0 unspecified atom stereocenters. The quantitative estimate of drug-likeness (QED) is 0.587.